The van der Waals surface area contributed by atoms with E-state index >= 15 is 0 Å². The Hall–Kier alpha value is -2.54. The third-order valence-corrected chi connectivity index (χ3v) is 5.13. The number of halogens is 1. The molecule has 0 saturated heterocycles. The van der Waals surface area contributed by atoms with E-state index in [9.17, 15) is 14.7 Å². The first-order chi connectivity index (χ1) is 13.5. The number of hydrogen-bond donors (Lipinski definition) is 2. The van der Waals surface area contributed by atoms with Crippen molar-refractivity contribution in [1.82, 2.24) is 5.32 Å². The van der Waals surface area contributed by atoms with Crippen LogP contribution < -0.4 is 15.0 Å². The molecule has 0 bridgehead atoms. The van der Waals surface area contributed by atoms with E-state index in [4.69, 9.17) is 4.74 Å². The monoisotopic (exact) mass is 462 g/mol. The van der Waals surface area contributed by atoms with Gasteiger partial charge in [-0.2, -0.15) is 0 Å². The van der Waals surface area contributed by atoms with Gasteiger partial charge in [-0.25, -0.2) is 4.79 Å². The summed E-state index contributed by atoms with van der Waals surface area (Å²) < 4.78 is 6.33. The van der Waals surface area contributed by atoms with Crippen molar-refractivity contribution in [3.05, 3.63) is 58.1 Å². The number of nitrogens with one attached hydrogen (secondary N) is 1. The van der Waals surface area contributed by atoms with Gasteiger partial charge in [0.05, 0.1) is 7.11 Å². The van der Waals surface area contributed by atoms with Crippen LogP contribution in [0.1, 0.15) is 31.9 Å². The Morgan fingerprint density at radius 3 is 2.45 bits per heavy atom. The lowest BCUT2D eigenvalue weighted by atomic mass is 9.86. The van der Waals surface area contributed by atoms with E-state index in [0.717, 1.165) is 21.3 Å². The average Bonchev–Trinajstić information content (AvgIpc) is 2.64. The molecular formula is C22H27BrN2O4. The molecule has 2 aromatic rings. The van der Waals surface area contributed by atoms with Crippen LogP contribution in [0, 0.1) is 0 Å². The van der Waals surface area contributed by atoms with E-state index in [1.807, 2.05) is 36.4 Å². The molecule has 0 aliphatic rings. The van der Waals surface area contributed by atoms with Crippen molar-refractivity contribution >= 4 is 33.6 Å². The van der Waals surface area contributed by atoms with Crippen LogP contribution in [-0.2, 0) is 16.6 Å². The number of benzene rings is 2. The van der Waals surface area contributed by atoms with Crippen LogP contribution in [-0.4, -0.2) is 37.3 Å². The van der Waals surface area contributed by atoms with E-state index in [-0.39, 0.29) is 17.7 Å². The molecule has 2 aromatic carbocycles. The molecule has 1 atom stereocenters. The minimum absolute atomic E-state index is 0.180. The number of anilines is 1. The molecule has 0 spiro atoms. The molecular weight excluding hydrogens is 436 g/mol. The Morgan fingerprint density at radius 1 is 1.21 bits per heavy atom. The van der Waals surface area contributed by atoms with Gasteiger partial charge >= 0.3 is 6.09 Å². The summed E-state index contributed by atoms with van der Waals surface area (Å²) in [4.78, 5) is 25.9. The molecule has 6 nitrogen and oxygen atoms in total. The maximum atomic E-state index is 13.1. The third kappa shape index (κ3) is 5.97. The number of methoxy groups -OCH3 is 1. The maximum Gasteiger partial charge on any atom is 0.405 e. The number of carboxylic acid groups (broad SMARTS) is 1. The van der Waals surface area contributed by atoms with Crippen molar-refractivity contribution in [1.29, 1.82) is 0 Å². The van der Waals surface area contributed by atoms with Gasteiger partial charge < -0.3 is 20.1 Å². The summed E-state index contributed by atoms with van der Waals surface area (Å²) in [5, 5.41) is 11.6. The highest BCUT2D eigenvalue weighted by Gasteiger charge is 2.27. The Balaban J connectivity index is 2.34. The number of hydrogen-bond acceptors (Lipinski definition) is 3. The number of amides is 2. The van der Waals surface area contributed by atoms with Crippen molar-refractivity contribution in [2.24, 2.45) is 0 Å². The molecule has 2 amide bonds. The predicted molar refractivity (Wildman–Crippen MR) is 118 cm³/mol. The second-order valence-corrected chi connectivity index (χ2v) is 8.78. The largest absolute Gasteiger partial charge is 0.496 e. The summed E-state index contributed by atoms with van der Waals surface area (Å²) in [6.45, 7) is 6.20. The Kier molecular flexibility index (Phi) is 7.30. The van der Waals surface area contributed by atoms with Crippen LogP contribution in [0.5, 0.6) is 5.75 Å². The zero-order chi connectivity index (χ0) is 21.8. The quantitative estimate of drug-likeness (QED) is 0.657. The van der Waals surface area contributed by atoms with Gasteiger partial charge in [0.2, 0.25) is 5.91 Å². The lowest BCUT2D eigenvalue weighted by Crippen LogP contribution is -2.48. The molecule has 0 heterocycles. The van der Waals surface area contributed by atoms with Crippen LogP contribution in [0.15, 0.2) is 46.9 Å². The van der Waals surface area contributed by atoms with Crippen molar-refractivity contribution in [2.75, 3.05) is 19.1 Å². The van der Waals surface area contributed by atoms with Gasteiger partial charge in [0, 0.05) is 29.2 Å². The Labute approximate surface area is 180 Å². The van der Waals surface area contributed by atoms with Crippen LogP contribution in [0.3, 0.4) is 0 Å². The van der Waals surface area contributed by atoms with E-state index < -0.39 is 12.1 Å². The molecule has 1 unspecified atom stereocenters. The second-order valence-electron chi connectivity index (χ2n) is 7.87. The first kappa shape index (κ1) is 22.7. The number of carbonyl (C=O) groups excluding carboxylic acids is 1. The molecule has 29 heavy (non-hydrogen) atoms. The number of likely N-dealkylation sites (N-methyl/N-ethyl adjacent to an activating group) is 1. The maximum absolute atomic E-state index is 13.1. The normalized spacial score (nSPS) is 12.2. The minimum Gasteiger partial charge on any atom is -0.496 e. The summed E-state index contributed by atoms with van der Waals surface area (Å²) in [6.07, 6.45) is -0.992. The van der Waals surface area contributed by atoms with Gasteiger partial charge in [-0.3, -0.25) is 4.79 Å². The van der Waals surface area contributed by atoms with Crippen LogP contribution >= 0.6 is 15.9 Å². The molecule has 2 rings (SSSR count). The zero-order valence-corrected chi connectivity index (χ0v) is 18.9. The zero-order valence-electron chi connectivity index (χ0n) is 17.3. The van der Waals surface area contributed by atoms with E-state index in [2.05, 4.69) is 42.0 Å². The third-order valence-electron chi connectivity index (χ3n) is 4.63. The minimum atomic E-state index is -1.24. The summed E-state index contributed by atoms with van der Waals surface area (Å²) in [6, 6.07) is 12.1. The highest BCUT2D eigenvalue weighted by molar-refractivity contribution is 9.10. The van der Waals surface area contributed by atoms with Crippen LogP contribution in [0.25, 0.3) is 0 Å². The second kappa shape index (κ2) is 9.31. The molecule has 0 aliphatic carbocycles. The number of ether oxygens (including phenoxy) is 1. The smallest absolute Gasteiger partial charge is 0.405 e. The average molecular weight is 463 g/mol. The first-order valence-electron chi connectivity index (χ1n) is 9.23. The van der Waals surface area contributed by atoms with Crippen LogP contribution in [0.2, 0.25) is 0 Å². The molecule has 0 radical (unpaired) electrons. The predicted octanol–water partition coefficient (Wildman–Crippen LogP) is 4.60. The van der Waals surface area contributed by atoms with Crippen molar-refractivity contribution in [3.8, 4) is 5.75 Å². The van der Waals surface area contributed by atoms with Gasteiger partial charge in [-0.15, -0.1) is 0 Å². The molecule has 2 N–H and O–H groups in total. The fourth-order valence-corrected chi connectivity index (χ4v) is 3.55. The van der Waals surface area contributed by atoms with Crippen LogP contribution in [0.4, 0.5) is 10.5 Å². The number of rotatable bonds is 6. The lowest BCUT2D eigenvalue weighted by molar-refractivity contribution is -0.120. The Morgan fingerprint density at radius 2 is 1.90 bits per heavy atom. The molecule has 0 fully saturated rings. The highest BCUT2D eigenvalue weighted by atomic mass is 79.9. The number of carbonyl (C=O) groups is 2. The molecule has 156 valence electrons. The Bertz CT molecular complexity index is 893. The topological polar surface area (TPSA) is 78.9 Å². The van der Waals surface area contributed by atoms with Gasteiger partial charge in [0.25, 0.3) is 0 Å². The summed E-state index contributed by atoms with van der Waals surface area (Å²) in [5.74, 6) is 0.411. The summed E-state index contributed by atoms with van der Waals surface area (Å²) >= 11 is 3.40. The standard InChI is InChI=1S/C22H27BrN2O4/c1-22(2,3)17-13-16(9-10-19(17)29-5)25(4)20(26)18(24-21(27)28)12-14-7-6-8-15(23)11-14/h6-11,13,18,24H,12H2,1-5H3,(H,27,28). The van der Waals surface area contributed by atoms with Crippen molar-refractivity contribution in [3.63, 3.8) is 0 Å². The van der Waals surface area contributed by atoms with E-state index in [0.29, 0.717) is 5.69 Å². The fraction of sp³-hybridized carbons (Fsp3) is 0.364. The van der Waals surface area contributed by atoms with Gasteiger partial charge in [0.15, 0.2) is 0 Å². The number of nitrogens with zero attached hydrogens (tertiary/aromatic N) is 1. The molecule has 0 aromatic heterocycles. The summed E-state index contributed by atoms with van der Waals surface area (Å²) in [5.41, 5.74) is 2.31. The van der Waals surface area contributed by atoms with Gasteiger partial charge in [-0.1, -0.05) is 48.8 Å². The molecule has 7 heteroatoms. The lowest BCUT2D eigenvalue weighted by Gasteiger charge is -2.27. The first-order valence-corrected chi connectivity index (χ1v) is 10.0. The summed E-state index contributed by atoms with van der Waals surface area (Å²) in [7, 11) is 3.26. The van der Waals surface area contributed by atoms with Crippen molar-refractivity contribution in [2.45, 2.75) is 38.6 Å². The molecule has 0 aliphatic heterocycles. The van der Waals surface area contributed by atoms with E-state index in [1.54, 1.807) is 20.2 Å². The fourth-order valence-electron chi connectivity index (χ4n) is 3.10. The van der Waals surface area contributed by atoms with Crippen molar-refractivity contribution < 1.29 is 19.4 Å². The van der Waals surface area contributed by atoms with Gasteiger partial charge in [-0.05, 0) is 41.3 Å². The molecule has 0 saturated carbocycles. The van der Waals surface area contributed by atoms with E-state index in [1.165, 1.54) is 4.90 Å². The SMILES string of the molecule is COc1ccc(N(C)C(=O)C(Cc2cccc(Br)c2)NC(=O)O)cc1C(C)(C)C. The van der Waals surface area contributed by atoms with Gasteiger partial charge in [0.1, 0.15) is 11.8 Å². The highest BCUT2D eigenvalue weighted by Crippen LogP contribution is 2.34.